The maximum atomic E-state index is 12.6. The summed E-state index contributed by atoms with van der Waals surface area (Å²) in [5.74, 6) is -0.420. The highest BCUT2D eigenvalue weighted by Gasteiger charge is 2.25. The summed E-state index contributed by atoms with van der Waals surface area (Å²) in [5, 5.41) is 13.9. The zero-order chi connectivity index (χ0) is 18.7. The van der Waals surface area contributed by atoms with Crippen molar-refractivity contribution in [3.63, 3.8) is 0 Å². The number of amides is 2. The van der Waals surface area contributed by atoms with Crippen molar-refractivity contribution < 1.29 is 19.2 Å². The first-order valence-electron chi connectivity index (χ1n) is 8.04. The predicted octanol–water partition coefficient (Wildman–Crippen LogP) is 2.98. The van der Waals surface area contributed by atoms with Gasteiger partial charge < -0.3 is 15.0 Å². The summed E-state index contributed by atoms with van der Waals surface area (Å²) in [7, 11) is 1.32. The van der Waals surface area contributed by atoms with Gasteiger partial charge in [0.1, 0.15) is 0 Å². The van der Waals surface area contributed by atoms with Crippen LogP contribution in [0.1, 0.15) is 23.2 Å². The van der Waals surface area contributed by atoms with Gasteiger partial charge in [-0.25, -0.2) is 0 Å². The quantitative estimate of drug-likeness (QED) is 0.656. The first-order chi connectivity index (χ1) is 12.5. The van der Waals surface area contributed by atoms with E-state index in [4.69, 9.17) is 4.74 Å². The van der Waals surface area contributed by atoms with Gasteiger partial charge in [-0.3, -0.25) is 19.7 Å². The van der Waals surface area contributed by atoms with Gasteiger partial charge in [-0.05, 0) is 30.7 Å². The zero-order valence-electron chi connectivity index (χ0n) is 14.1. The lowest BCUT2D eigenvalue weighted by Gasteiger charge is -2.20. The van der Waals surface area contributed by atoms with E-state index < -0.39 is 10.8 Å². The Balaban J connectivity index is 1.88. The first-order valence-corrected chi connectivity index (χ1v) is 8.04. The SMILES string of the molecule is COc1ccc(C(=O)Nc2ccccc2N2CCCC2=O)cc1[N+](=O)[O-]. The summed E-state index contributed by atoms with van der Waals surface area (Å²) in [6.07, 6.45) is 1.25. The topological polar surface area (TPSA) is 102 Å². The smallest absolute Gasteiger partial charge is 0.311 e. The molecule has 2 amide bonds. The number of methoxy groups -OCH3 is 1. The van der Waals surface area contributed by atoms with Gasteiger partial charge in [-0.15, -0.1) is 0 Å². The molecule has 1 aliphatic heterocycles. The number of nitro groups is 1. The fraction of sp³-hybridized carbons (Fsp3) is 0.222. The Morgan fingerprint density at radius 3 is 2.69 bits per heavy atom. The number of hydrogen-bond donors (Lipinski definition) is 1. The molecule has 1 heterocycles. The lowest BCUT2D eigenvalue weighted by atomic mass is 10.1. The Hall–Kier alpha value is -3.42. The lowest BCUT2D eigenvalue weighted by molar-refractivity contribution is -0.385. The van der Waals surface area contributed by atoms with Crippen LogP contribution in [0.4, 0.5) is 17.1 Å². The molecule has 8 nitrogen and oxygen atoms in total. The number of benzene rings is 2. The lowest BCUT2D eigenvalue weighted by Crippen LogP contribution is -2.25. The van der Waals surface area contributed by atoms with E-state index in [1.54, 1.807) is 29.2 Å². The van der Waals surface area contributed by atoms with Crippen molar-refractivity contribution >= 4 is 28.9 Å². The van der Waals surface area contributed by atoms with Crippen molar-refractivity contribution in [2.45, 2.75) is 12.8 Å². The van der Waals surface area contributed by atoms with Crippen molar-refractivity contribution in [3.8, 4) is 5.75 Å². The van der Waals surface area contributed by atoms with Crippen molar-refractivity contribution in [1.29, 1.82) is 0 Å². The molecule has 0 spiro atoms. The average molecular weight is 355 g/mol. The summed E-state index contributed by atoms with van der Waals surface area (Å²) in [6, 6.07) is 11.0. The highest BCUT2D eigenvalue weighted by atomic mass is 16.6. The summed E-state index contributed by atoms with van der Waals surface area (Å²) in [5.41, 5.74) is 0.931. The zero-order valence-corrected chi connectivity index (χ0v) is 14.1. The van der Waals surface area contributed by atoms with Gasteiger partial charge in [0.15, 0.2) is 5.75 Å². The van der Waals surface area contributed by atoms with E-state index >= 15 is 0 Å². The Morgan fingerprint density at radius 1 is 1.27 bits per heavy atom. The standard InChI is InChI=1S/C18H17N3O5/c1-26-16-9-8-12(11-15(16)21(24)25)18(23)19-13-5-2-3-6-14(13)20-10-4-7-17(20)22/h2-3,5-6,8-9,11H,4,7,10H2,1H3,(H,19,23). The van der Waals surface area contributed by atoms with Crippen molar-refractivity contribution in [2.24, 2.45) is 0 Å². The number of carbonyl (C=O) groups excluding carboxylic acids is 2. The molecule has 1 saturated heterocycles. The minimum Gasteiger partial charge on any atom is -0.490 e. The van der Waals surface area contributed by atoms with Gasteiger partial charge in [-0.1, -0.05) is 12.1 Å². The third-order valence-corrected chi connectivity index (χ3v) is 4.15. The van der Waals surface area contributed by atoms with Crippen LogP contribution in [0, 0.1) is 10.1 Å². The Kier molecular flexibility index (Phi) is 4.83. The normalized spacial score (nSPS) is 13.6. The number of nitrogens with zero attached hydrogens (tertiary/aromatic N) is 2. The number of nitrogens with one attached hydrogen (secondary N) is 1. The molecule has 1 aliphatic rings. The van der Waals surface area contributed by atoms with Crippen LogP contribution in [-0.2, 0) is 4.79 Å². The average Bonchev–Trinajstić information content (AvgIpc) is 3.07. The molecule has 0 radical (unpaired) electrons. The monoisotopic (exact) mass is 355 g/mol. The molecule has 1 fully saturated rings. The molecule has 0 saturated carbocycles. The van der Waals surface area contributed by atoms with Crippen LogP contribution in [0.15, 0.2) is 42.5 Å². The highest BCUT2D eigenvalue weighted by Crippen LogP contribution is 2.31. The van der Waals surface area contributed by atoms with Gasteiger partial charge in [0.05, 0.1) is 23.4 Å². The summed E-state index contributed by atoms with van der Waals surface area (Å²) in [6.45, 7) is 0.597. The number of para-hydroxylation sites is 2. The Labute approximate surface area is 149 Å². The van der Waals surface area contributed by atoms with Crippen molar-refractivity contribution in [2.75, 3.05) is 23.9 Å². The number of hydrogen-bond acceptors (Lipinski definition) is 5. The van der Waals surface area contributed by atoms with Gasteiger partial charge in [0.2, 0.25) is 5.91 Å². The van der Waals surface area contributed by atoms with Crippen LogP contribution < -0.4 is 15.0 Å². The highest BCUT2D eigenvalue weighted by molar-refractivity contribution is 6.08. The number of ether oxygens (including phenoxy) is 1. The number of carbonyl (C=O) groups is 2. The molecule has 0 bridgehead atoms. The second-order valence-corrected chi connectivity index (χ2v) is 5.76. The van der Waals surface area contributed by atoms with Gasteiger partial charge in [-0.2, -0.15) is 0 Å². The predicted molar refractivity (Wildman–Crippen MR) is 95.6 cm³/mol. The van der Waals surface area contributed by atoms with E-state index in [2.05, 4.69) is 5.32 Å². The van der Waals surface area contributed by atoms with Crippen LogP contribution >= 0.6 is 0 Å². The molecular weight excluding hydrogens is 338 g/mol. The third-order valence-electron chi connectivity index (χ3n) is 4.15. The molecule has 3 rings (SSSR count). The second kappa shape index (κ2) is 7.22. The Morgan fingerprint density at radius 2 is 2.04 bits per heavy atom. The van der Waals surface area contributed by atoms with Crippen LogP contribution in [0.2, 0.25) is 0 Å². The molecule has 2 aromatic rings. The minimum atomic E-state index is -0.605. The molecule has 8 heteroatoms. The van der Waals surface area contributed by atoms with E-state index in [1.165, 1.54) is 19.2 Å². The fourth-order valence-corrected chi connectivity index (χ4v) is 2.89. The number of anilines is 2. The van der Waals surface area contributed by atoms with E-state index in [9.17, 15) is 19.7 Å². The molecule has 26 heavy (non-hydrogen) atoms. The Bertz CT molecular complexity index is 881. The molecule has 1 N–H and O–H groups in total. The van der Waals surface area contributed by atoms with E-state index in [1.807, 2.05) is 0 Å². The van der Waals surface area contributed by atoms with Crippen LogP contribution in [0.25, 0.3) is 0 Å². The van der Waals surface area contributed by atoms with Gasteiger partial charge in [0.25, 0.3) is 5.91 Å². The fourth-order valence-electron chi connectivity index (χ4n) is 2.89. The second-order valence-electron chi connectivity index (χ2n) is 5.76. The molecule has 134 valence electrons. The molecule has 2 aromatic carbocycles. The number of rotatable bonds is 5. The van der Waals surface area contributed by atoms with Gasteiger partial charge >= 0.3 is 5.69 Å². The third kappa shape index (κ3) is 3.34. The number of nitro benzene ring substituents is 1. The maximum Gasteiger partial charge on any atom is 0.311 e. The van der Waals surface area contributed by atoms with Crippen LogP contribution in [0.5, 0.6) is 5.75 Å². The summed E-state index contributed by atoms with van der Waals surface area (Å²) >= 11 is 0. The summed E-state index contributed by atoms with van der Waals surface area (Å²) < 4.78 is 4.94. The minimum absolute atomic E-state index is 0.00628. The molecule has 0 aliphatic carbocycles. The molecule has 0 aromatic heterocycles. The van der Waals surface area contributed by atoms with E-state index in [-0.39, 0.29) is 22.9 Å². The summed E-state index contributed by atoms with van der Waals surface area (Å²) in [4.78, 5) is 36.7. The molecular formula is C18H17N3O5. The molecule has 0 unspecified atom stereocenters. The van der Waals surface area contributed by atoms with Gasteiger partial charge in [0, 0.05) is 24.6 Å². The first kappa shape index (κ1) is 17.4. The van der Waals surface area contributed by atoms with Crippen molar-refractivity contribution in [3.05, 3.63) is 58.1 Å². The van der Waals surface area contributed by atoms with Crippen LogP contribution in [0.3, 0.4) is 0 Å². The van der Waals surface area contributed by atoms with Crippen molar-refractivity contribution in [1.82, 2.24) is 0 Å². The van der Waals surface area contributed by atoms with E-state index in [0.29, 0.717) is 24.3 Å². The largest absolute Gasteiger partial charge is 0.490 e. The maximum absolute atomic E-state index is 12.6. The van der Waals surface area contributed by atoms with E-state index in [0.717, 1.165) is 12.5 Å². The molecule has 0 atom stereocenters. The van der Waals surface area contributed by atoms with Crippen LogP contribution in [-0.4, -0.2) is 30.4 Å².